The average molecular weight is 216 g/mol. The molecular formula is C14H20N2. The minimum absolute atomic E-state index is 0.354. The average Bonchev–Trinajstić information content (AvgIpc) is 2.30. The molecule has 0 radical (unpaired) electrons. The molecule has 0 aromatic heterocycles. The van der Waals surface area contributed by atoms with Gasteiger partial charge < -0.3 is 10.2 Å². The molecule has 1 atom stereocenters. The van der Waals surface area contributed by atoms with E-state index in [1.165, 1.54) is 11.3 Å². The van der Waals surface area contributed by atoms with Gasteiger partial charge in [-0.3, -0.25) is 0 Å². The molecule has 16 heavy (non-hydrogen) atoms. The van der Waals surface area contributed by atoms with Crippen molar-refractivity contribution in [3.63, 3.8) is 0 Å². The maximum atomic E-state index is 5.29. The smallest absolute Gasteiger partial charge is 0.0361 e. The van der Waals surface area contributed by atoms with Gasteiger partial charge in [0.05, 0.1) is 0 Å². The lowest BCUT2D eigenvalue weighted by Gasteiger charge is -2.17. The van der Waals surface area contributed by atoms with Crippen molar-refractivity contribution >= 4 is 5.69 Å². The fourth-order valence-corrected chi connectivity index (χ4v) is 1.71. The highest BCUT2D eigenvalue weighted by atomic mass is 15.1. The second-order valence-corrected chi connectivity index (χ2v) is 4.07. The van der Waals surface area contributed by atoms with Crippen molar-refractivity contribution in [3.8, 4) is 12.3 Å². The molecular weight excluding hydrogens is 196 g/mol. The van der Waals surface area contributed by atoms with Gasteiger partial charge in [-0.05, 0) is 31.2 Å². The van der Waals surface area contributed by atoms with Crippen LogP contribution in [0.15, 0.2) is 24.3 Å². The molecule has 2 nitrogen and oxygen atoms in total. The first-order valence-corrected chi connectivity index (χ1v) is 5.57. The summed E-state index contributed by atoms with van der Waals surface area (Å²) in [5.41, 5.74) is 2.51. The van der Waals surface area contributed by atoms with Gasteiger partial charge in [-0.25, -0.2) is 0 Å². The number of nitrogens with one attached hydrogen (secondary N) is 1. The van der Waals surface area contributed by atoms with Crippen LogP contribution < -0.4 is 10.2 Å². The van der Waals surface area contributed by atoms with Crippen LogP contribution in [0, 0.1) is 12.3 Å². The van der Waals surface area contributed by atoms with E-state index in [-0.39, 0.29) is 0 Å². The molecule has 0 spiro atoms. The molecule has 0 aliphatic heterocycles. The third-order valence-electron chi connectivity index (χ3n) is 2.74. The van der Waals surface area contributed by atoms with Gasteiger partial charge in [-0.2, -0.15) is 0 Å². The van der Waals surface area contributed by atoms with Crippen molar-refractivity contribution < 1.29 is 0 Å². The molecule has 0 amide bonds. The van der Waals surface area contributed by atoms with Crippen LogP contribution in [0.2, 0.25) is 0 Å². The van der Waals surface area contributed by atoms with Crippen molar-refractivity contribution in [1.82, 2.24) is 5.32 Å². The van der Waals surface area contributed by atoms with Crippen molar-refractivity contribution in [2.45, 2.75) is 18.9 Å². The summed E-state index contributed by atoms with van der Waals surface area (Å²) in [6.45, 7) is 0. The number of rotatable bonds is 5. The fraction of sp³-hybridized carbons (Fsp3) is 0.429. The van der Waals surface area contributed by atoms with Crippen molar-refractivity contribution in [3.05, 3.63) is 29.8 Å². The zero-order chi connectivity index (χ0) is 12.0. The summed E-state index contributed by atoms with van der Waals surface area (Å²) < 4.78 is 0. The molecule has 1 unspecified atom stereocenters. The lowest BCUT2D eigenvalue weighted by atomic mass is 10.0. The van der Waals surface area contributed by atoms with Gasteiger partial charge in [-0.15, -0.1) is 12.3 Å². The monoisotopic (exact) mass is 216 g/mol. The maximum Gasteiger partial charge on any atom is 0.0361 e. The predicted octanol–water partition coefficient (Wildman–Crippen LogP) is 2.43. The van der Waals surface area contributed by atoms with Crippen molar-refractivity contribution in [2.24, 2.45) is 0 Å². The van der Waals surface area contributed by atoms with E-state index in [0.29, 0.717) is 6.04 Å². The molecule has 2 heteroatoms. The SMILES string of the molecule is C#CCCC(NC)c1ccc(N(C)C)cc1. The van der Waals surface area contributed by atoms with E-state index in [9.17, 15) is 0 Å². The first-order chi connectivity index (χ1) is 7.69. The van der Waals surface area contributed by atoms with E-state index >= 15 is 0 Å². The normalized spacial score (nSPS) is 11.9. The Kier molecular flexibility index (Phi) is 4.88. The molecule has 1 aromatic carbocycles. The van der Waals surface area contributed by atoms with Gasteiger partial charge in [0.1, 0.15) is 0 Å². The number of benzene rings is 1. The molecule has 0 aliphatic rings. The second-order valence-electron chi connectivity index (χ2n) is 4.07. The Balaban J connectivity index is 2.75. The summed E-state index contributed by atoms with van der Waals surface area (Å²) in [6.07, 6.45) is 7.08. The standard InChI is InChI=1S/C14H20N2/c1-5-6-7-14(15-2)12-8-10-13(11-9-12)16(3)4/h1,8-11,14-15H,6-7H2,2-4H3. The maximum absolute atomic E-state index is 5.29. The van der Waals surface area contributed by atoms with Crippen LogP contribution in [-0.4, -0.2) is 21.1 Å². The quantitative estimate of drug-likeness (QED) is 0.760. The first kappa shape index (κ1) is 12.6. The zero-order valence-electron chi connectivity index (χ0n) is 10.3. The van der Waals surface area contributed by atoms with E-state index in [1.807, 2.05) is 21.1 Å². The first-order valence-electron chi connectivity index (χ1n) is 5.57. The molecule has 1 rings (SSSR count). The van der Waals surface area contributed by atoms with Gasteiger partial charge in [0.2, 0.25) is 0 Å². The Hall–Kier alpha value is -1.46. The lowest BCUT2D eigenvalue weighted by molar-refractivity contribution is 0.558. The highest BCUT2D eigenvalue weighted by Gasteiger charge is 2.07. The summed E-state index contributed by atoms with van der Waals surface area (Å²) in [6, 6.07) is 8.94. The number of terminal acetylenes is 1. The van der Waals surface area contributed by atoms with Crippen LogP contribution in [0.4, 0.5) is 5.69 Å². The molecule has 0 heterocycles. The molecule has 0 bridgehead atoms. The molecule has 1 N–H and O–H groups in total. The molecule has 1 aromatic rings. The highest BCUT2D eigenvalue weighted by molar-refractivity contribution is 5.46. The minimum Gasteiger partial charge on any atom is -0.378 e. The summed E-state index contributed by atoms with van der Waals surface area (Å²) in [5.74, 6) is 2.68. The molecule has 0 saturated heterocycles. The van der Waals surface area contributed by atoms with E-state index in [4.69, 9.17) is 6.42 Å². The van der Waals surface area contributed by atoms with Crippen LogP contribution >= 0.6 is 0 Å². The molecule has 86 valence electrons. The van der Waals surface area contributed by atoms with Crippen LogP contribution in [-0.2, 0) is 0 Å². The summed E-state index contributed by atoms with van der Waals surface area (Å²) >= 11 is 0. The minimum atomic E-state index is 0.354. The van der Waals surface area contributed by atoms with E-state index in [2.05, 4.69) is 40.4 Å². The second kappa shape index (κ2) is 6.19. The van der Waals surface area contributed by atoms with Gasteiger partial charge in [0.25, 0.3) is 0 Å². The molecule has 0 fully saturated rings. The third-order valence-corrected chi connectivity index (χ3v) is 2.74. The van der Waals surface area contributed by atoms with Crippen molar-refractivity contribution in [1.29, 1.82) is 0 Å². The highest BCUT2D eigenvalue weighted by Crippen LogP contribution is 2.20. The largest absolute Gasteiger partial charge is 0.378 e. The number of anilines is 1. The van der Waals surface area contributed by atoms with Crippen LogP contribution in [0.25, 0.3) is 0 Å². The van der Waals surface area contributed by atoms with E-state index in [0.717, 1.165) is 12.8 Å². The number of hydrogen-bond donors (Lipinski definition) is 1. The topological polar surface area (TPSA) is 15.3 Å². The Bertz CT molecular complexity index is 346. The van der Waals surface area contributed by atoms with Gasteiger partial charge in [0.15, 0.2) is 0 Å². The Morgan fingerprint density at radius 3 is 2.38 bits per heavy atom. The number of hydrogen-bond acceptors (Lipinski definition) is 2. The summed E-state index contributed by atoms with van der Waals surface area (Å²) in [4.78, 5) is 2.10. The van der Waals surface area contributed by atoms with Crippen LogP contribution in [0.1, 0.15) is 24.4 Å². The fourth-order valence-electron chi connectivity index (χ4n) is 1.71. The lowest BCUT2D eigenvalue weighted by Crippen LogP contribution is -2.16. The molecule has 0 saturated carbocycles. The Morgan fingerprint density at radius 2 is 1.94 bits per heavy atom. The van der Waals surface area contributed by atoms with E-state index < -0.39 is 0 Å². The van der Waals surface area contributed by atoms with Gasteiger partial charge in [-0.1, -0.05) is 12.1 Å². The van der Waals surface area contributed by atoms with E-state index in [1.54, 1.807) is 0 Å². The predicted molar refractivity (Wildman–Crippen MR) is 70.6 cm³/mol. The van der Waals surface area contributed by atoms with Gasteiger partial charge in [0, 0.05) is 32.2 Å². The van der Waals surface area contributed by atoms with Crippen LogP contribution in [0.5, 0.6) is 0 Å². The summed E-state index contributed by atoms with van der Waals surface area (Å²) in [7, 11) is 6.06. The summed E-state index contributed by atoms with van der Waals surface area (Å²) in [5, 5.41) is 3.29. The van der Waals surface area contributed by atoms with Gasteiger partial charge >= 0.3 is 0 Å². The zero-order valence-corrected chi connectivity index (χ0v) is 10.3. The Labute approximate surface area is 98.7 Å². The molecule has 0 aliphatic carbocycles. The van der Waals surface area contributed by atoms with Crippen LogP contribution in [0.3, 0.4) is 0 Å². The third kappa shape index (κ3) is 3.29. The van der Waals surface area contributed by atoms with Crippen molar-refractivity contribution in [2.75, 3.05) is 26.0 Å². The Morgan fingerprint density at radius 1 is 1.31 bits per heavy atom. The number of nitrogens with zero attached hydrogens (tertiary/aromatic N) is 1.